The number of pyridine rings is 1. The van der Waals surface area contributed by atoms with E-state index in [1.807, 2.05) is 12.3 Å². The molecular weight excluding hydrogens is 298 g/mol. The molecule has 3 nitrogen and oxygen atoms in total. The number of nitrogens with zero attached hydrogens (tertiary/aromatic N) is 2. The van der Waals surface area contributed by atoms with Gasteiger partial charge in [-0.15, -0.1) is 11.3 Å². The Bertz CT molecular complexity index is 522. The molecule has 2 rings (SSSR count). The van der Waals surface area contributed by atoms with Crippen LogP contribution in [0.5, 0.6) is 0 Å². The average molecular weight is 312 g/mol. The van der Waals surface area contributed by atoms with Crippen molar-refractivity contribution in [2.24, 2.45) is 5.73 Å². The summed E-state index contributed by atoms with van der Waals surface area (Å²) in [5, 5.41) is 0.989. The van der Waals surface area contributed by atoms with Crippen molar-refractivity contribution in [3.8, 4) is 10.6 Å². The molecule has 2 N–H and O–H groups in total. The first-order chi connectivity index (χ1) is 8.11. The van der Waals surface area contributed by atoms with Crippen LogP contribution >= 0.6 is 27.3 Å². The predicted octanol–water partition coefficient (Wildman–Crippen LogP) is 3.55. The van der Waals surface area contributed by atoms with Crippen LogP contribution in [-0.4, -0.2) is 9.97 Å². The van der Waals surface area contributed by atoms with E-state index in [9.17, 15) is 0 Å². The van der Waals surface area contributed by atoms with E-state index in [1.54, 1.807) is 17.5 Å². The largest absolute Gasteiger partial charge is 0.326 e. The van der Waals surface area contributed by atoms with Gasteiger partial charge in [0.25, 0.3) is 0 Å². The number of thiazole rings is 1. The minimum absolute atomic E-state index is 0.402. The van der Waals surface area contributed by atoms with Crippen LogP contribution in [0.2, 0.25) is 0 Å². The summed E-state index contributed by atoms with van der Waals surface area (Å²) in [6, 6.07) is 2.02. The molecule has 0 aliphatic rings. The fourth-order valence-corrected chi connectivity index (χ4v) is 3.05. The first-order valence-electron chi connectivity index (χ1n) is 5.42. The van der Waals surface area contributed by atoms with Gasteiger partial charge in [0.15, 0.2) is 0 Å². The first kappa shape index (κ1) is 12.7. The highest BCUT2D eigenvalue weighted by Gasteiger charge is 2.14. The summed E-state index contributed by atoms with van der Waals surface area (Å²) in [5.74, 6) is 0.402. The average Bonchev–Trinajstić information content (AvgIpc) is 2.73. The number of hydrogen-bond acceptors (Lipinski definition) is 4. The fraction of sp³-hybridized carbons (Fsp3) is 0.333. The molecule has 0 saturated heterocycles. The Morgan fingerprint density at radius 3 is 2.71 bits per heavy atom. The summed E-state index contributed by atoms with van der Waals surface area (Å²) in [7, 11) is 0. The van der Waals surface area contributed by atoms with Crippen molar-refractivity contribution < 1.29 is 0 Å². The maximum absolute atomic E-state index is 5.76. The van der Waals surface area contributed by atoms with Crippen molar-refractivity contribution in [1.82, 2.24) is 9.97 Å². The summed E-state index contributed by atoms with van der Waals surface area (Å²) in [4.78, 5) is 9.99. The van der Waals surface area contributed by atoms with Crippen molar-refractivity contribution in [2.75, 3.05) is 0 Å². The van der Waals surface area contributed by atoms with E-state index in [0.29, 0.717) is 12.5 Å². The van der Waals surface area contributed by atoms with Gasteiger partial charge in [0.2, 0.25) is 0 Å². The molecule has 17 heavy (non-hydrogen) atoms. The van der Waals surface area contributed by atoms with Gasteiger partial charge in [-0.05, 0) is 27.9 Å². The van der Waals surface area contributed by atoms with Gasteiger partial charge >= 0.3 is 0 Å². The molecular formula is C12H14BrN3S. The Labute approximate surface area is 113 Å². The van der Waals surface area contributed by atoms with E-state index < -0.39 is 0 Å². The minimum atomic E-state index is 0.402. The summed E-state index contributed by atoms with van der Waals surface area (Å²) >= 11 is 5.07. The first-order valence-corrected chi connectivity index (χ1v) is 7.03. The molecule has 0 saturated carbocycles. The maximum Gasteiger partial charge on any atom is 0.125 e. The Balaban J connectivity index is 2.46. The maximum atomic E-state index is 5.76. The molecule has 0 aromatic carbocycles. The molecule has 0 radical (unpaired) electrons. The number of aromatic nitrogens is 2. The normalized spacial score (nSPS) is 11.1. The minimum Gasteiger partial charge on any atom is -0.326 e. The molecule has 90 valence electrons. The second-order valence-corrected chi connectivity index (χ2v) is 6.08. The Morgan fingerprint density at radius 2 is 2.18 bits per heavy atom. The highest BCUT2D eigenvalue weighted by atomic mass is 79.9. The third-order valence-electron chi connectivity index (χ3n) is 2.41. The number of halogens is 1. The molecule has 5 heteroatoms. The Kier molecular flexibility index (Phi) is 3.91. The SMILES string of the molecule is CC(C)c1nc(-c2cncc(Br)c2)sc1CN. The van der Waals surface area contributed by atoms with Crippen LogP contribution in [0.4, 0.5) is 0 Å². The van der Waals surface area contributed by atoms with Gasteiger partial charge in [0.1, 0.15) is 5.01 Å². The zero-order valence-corrected chi connectivity index (χ0v) is 12.2. The third kappa shape index (κ3) is 2.73. The van der Waals surface area contributed by atoms with Gasteiger partial charge in [-0.2, -0.15) is 0 Å². The van der Waals surface area contributed by atoms with Crippen LogP contribution in [0, 0.1) is 0 Å². The summed E-state index contributed by atoms with van der Waals surface area (Å²) in [6.07, 6.45) is 3.60. The topological polar surface area (TPSA) is 51.8 Å². The monoisotopic (exact) mass is 311 g/mol. The zero-order valence-electron chi connectivity index (χ0n) is 9.77. The number of nitrogens with two attached hydrogens (primary N) is 1. The molecule has 0 unspecified atom stereocenters. The van der Waals surface area contributed by atoms with Gasteiger partial charge in [-0.3, -0.25) is 4.98 Å². The van der Waals surface area contributed by atoms with Crippen molar-refractivity contribution in [1.29, 1.82) is 0 Å². The summed E-state index contributed by atoms with van der Waals surface area (Å²) < 4.78 is 0.964. The summed E-state index contributed by atoms with van der Waals surface area (Å²) in [6.45, 7) is 4.82. The molecule has 2 aromatic rings. The Morgan fingerprint density at radius 1 is 1.41 bits per heavy atom. The molecule has 0 fully saturated rings. The van der Waals surface area contributed by atoms with Crippen molar-refractivity contribution in [3.63, 3.8) is 0 Å². The molecule has 2 heterocycles. The second kappa shape index (κ2) is 5.25. The van der Waals surface area contributed by atoms with E-state index in [4.69, 9.17) is 5.73 Å². The molecule has 0 atom stereocenters. The van der Waals surface area contributed by atoms with Crippen molar-refractivity contribution in [2.45, 2.75) is 26.3 Å². The van der Waals surface area contributed by atoms with Crippen LogP contribution in [-0.2, 0) is 6.54 Å². The highest BCUT2D eigenvalue weighted by Crippen LogP contribution is 2.31. The lowest BCUT2D eigenvalue weighted by atomic mass is 10.1. The van der Waals surface area contributed by atoms with E-state index in [1.165, 1.54) is 0 Å². The standard InChI is InChI=1S/C12H14BrN3S/c1-7(2)11-10(4-14)17-12(16-11)8-3-9(13)6-15-5-8/h3,5-7H,4,14H2,1-2H3. The van der Waals surface area contributed by atoms with E-state index in [2.05, 4.69) is 39.7 Å². The van der Waals surface area contributed by atoms with Crippen LogP contribution in [0.25, 0.3) is 10.6 Å². The molecule has 0 spiro atoms. The van der Waals surface area contributed by atoms with Crippen molar-refractivity contribution in [3.05, 3.63) is 33.5 Å². The molecule has 0 aliphatic heterocycles. The predicted molar refractivity (Wildman–Crippen MR) is 75.0 cm³/mol. The van der Waals surface area contributed by atoms with Gasteiger partial charge in [-0.1, -0.05) is 13.8 Å². The molecule has 2 aromatic heterocycles. The van der Waals surface area contributed by atoms with E-state index in [0.717, 1.165) is 25.6 Å². The van der Waals surface area contributed by atoms with Gasteiger partial charge in [-0.25, -0.2) is 4.98 Å². The van der Waals surface area contributed by atoms with Gasteiger partial charge < -0.3 is 5.73 Å². The van der Waals surface area contributed by atoms with Crippen LogP contribution < -0.4 is 5.73 Å². The van der Waals surface area contributed by atoms with Crippen LogP contribution in [0.3, 0.4) is 0 Å². The Hall–Kier alpha value is -0.780. The fourth-order valence-electron chi connectivity index (χ4n) is 1.61. The van der Waals surface area contributed by atoms with E-state index in [-0.39, 0.29) is 0 Å². The lowest BCUT2D eigenvalue weighted by Crippen LogP contribution is -1.99. The van der Waals surface area contributed by atoms with E-state index >= 15 is 0 Å². The van der Waals surface area contributed by atoms with Gasteiger partial charge in [0, 0.05) is 33.9 Å². The highest BCUT2D eigenvalue weighted by molar-refractivity contribution is 9.10. The number of rotatable bonds is 3. The zero-order chi connectivity index (χ0) is 12.4. The van der Waals surface area contributed by atoms with Crippen LogP contribution in [0.15, 0.2) is 22.9 Å². The summed E-state index contributed by atoms with van der Waals surface area (Å²) in [5.41, 5.74) is 7.89. The molecule has 0 aliphatic carbocycles. The lowest BCUT2D eigenvalue weighted by Gasteiger charge is -2.01. The van der Waals surface area contributed by atoms with Gasteiger partial charge in [0.05, 0.1) is 5.69 Å². The quantitative estimate of drug-likeness (QED) is 0.943. The molecule has 0 amide bonds. The number of hydrogen-bond donors (Lipinski definition) is 1. The van der Waals surface area contributed by atoms with Crippen molar-refractivity contribution >= 4 is 27.3 Å². The molecule has 0 bridgehead atoms. The lowest BCUT2D eigenvalue weighted by molar-refractivity contribution is 0.814. The smallest absolute Gasteiger partial charge is 0.125 e. The third-order valence-corrected chi connectivity index (χ3v) is 3.99. The van der Waals surface area contributed by atoms with Crippen LogP contribution in [0.1, 0.15) is 30.3 Å². The second-order valence-electron chi connectivity index (χ2n) is 4.08.